The van der Waals surface area contributed by atoms with Crippen molar-refractivity contribution in [1.82, 2.24) is 9.97 Å². The molecule has 6 heteroatoms. The molecule has 0 atom stereocenters. The molecule has 4 nitrogen and oxygen atoms in total. The van der Waals surface area contributed by atoms with Crippen LogP contribution in [0.3, 0.4) is 0 Å². The van der Waals surface area contributed by atoms with Crippen molar-refractivity contribution in [3.63, 3.8) is 0 Å². The Morgan fingerprint density at radius 3 is 3.00 bits per heavy atom. The number of pyridine rings is 1. The van der Waals surface area contributed by atoms with Gasteiger partial charge in [0.1, 0.15) is 10.8 Å². The lowest BCUT2D eigenvalue weighted by Crippen LogP contribution is -2.11. The number of rotatable bonds is 4. The van der Waals surface area contributed by atoms with Gasteiger partial charge in [-0.05, 0) is 19.1 Å². The topological polar surface area (TPSA) is 63.8 Å². The van der Waals surface area contributed by atoms with Crippen LogP contribution in [-0.2, 0) is 6.54 Å². The van der Waals surface area contributed by atoms with Crippen molar-refractivity contribution in [3.8, 4) is 0 Å². The molecule has 2 heterocycles. The fraction of sp³-hybridized carbons (Fsp3) is 0.182. The molecule has 0 radical (unpaired) electrons. The van der Waals surface area contributed by atoms with E-state index in [1.54, 1.807) is 16.8 Å². The Kier molecular flexibility index (Phi) is 3.65. The van der Waals surface area contributed by atoms with Gasteiger partial charge < -0.3 is 11.1 Å². The van der Waals surface area contributed by atoms with E-state index in [9.17, 15) is 0 Å². The number of aromatic nitrogens is 2. The second-order valence-corrected chi connectivity index (χ2v) is 4.98. The van der Waals surface area contributed by atoms with E-state index in [1.165, 1.54) is 0 Å². The van der Waals surface area contributed by atoms with Crippen LogP contribution in [0.1, 0.15) is 16.1 Å². The number of thiazole rings is 1. The van der Waals surface area contributed by atoms with Crippen LogP contribution in [0.15, 0.2) is 23.8 Å². The molecule has 2 aromatic rings. The van der Waals surface area contributed by atoms with E-state index in [-0.39, 0.29) is 0 Å². The first-order valence-electron chi connectivity index (χ1n) is 5.05. The smallest absolute Gasteiger partial charge is 0.127 e. The summed E-state index contributed by atoms with van der Waals surface area (Å²) in [5.41, 5.74) is 9.14. The van der Waals surface area contributed by atoms with Crippen LogP contribution in [0, 0.1) is 6.92 Å². The highest BCUT2D eigenvalue weighted by Crippen LogP contribution is 2.13. The van der Waals surface area contributed by atoms with E-state index in [0.717, 1.165) is 22.0 Å². The summed E-state index contributed by atoms with van der Waals surface area (Å²) >= 11 is 6.56. The highest BCUT2D eigenvalue weighted by molar-refractivity contribution is 7.80. The maximum atomic E-state index is 5.61. The highest BCUT2D eigenvalue weighted by Gasteiger charge is 2.03. The van der Waals surface area contributed by atoms with E-state index < -0.39 is 0 Å². The fourth-order valence-electron chi connectivity index (χ4n) is 1.41. The highest BCUT2D eigenvalue weighted by atomic mass is 32.1. The molecule has 0 aliphatic heterocycles. The van der Waals surface area contributed by atoms with E-state index in [2.05, 4.69) is 15.3 Å². The standard InChI is InChI=1S/C11H12N4S2/c1-7-2-8(11(12)16)3-10(15-7)14-5-9-4-13-6-17-9/h2-4,6H,5H2,1H3,(H2,12,16)(H,14,15). The number of nitrogens with two attached hydrogens (primary N) is 1. The van der Waals surface area contributed by atoms with Gasteiger partial charge in [-0.2, -0.15) is 0 Å². The average Bonchev–Trinajstić information content (AvgIpc) is 2.78. The van der Waals surface area contributed by atoms with Gasteiger partial charge in [0.25, 0.3) is 0 Å². The second-order valence-electron chi connectivity index (χ2n) is 3.57. The van der Waals surface area contributed by atoms with Gasteiger partial charge in [0.15, 0.2) is 0 Å². The van der Waals surface area contributed by atoms with Gasteiger partial charge in [0, 0.05) is 22.3 Å². The van der Waals surface area contributed by atoms with Crippen molar-refractivity contribution in [2.45, 2.75) is 13.5 Å². The molecule has 0 amide bonds. The number of aryl methyl sites for hydroxylation is 1. The zero-order valence-electron chi connectivity index (χ0n) is 9.30. The molecule has 17 heavy (non-hydrogen) atoms. The SMILES string of the molecule is Cc1cc(C(N)=S)cc(NCc2cncs2)n1. The molecule has 0 aliphatic rings. The normalized spacial score (nSPS) is 10.2. The van der Waals surface area contributed by atoms with E-state index in [1.807, 2.05) is 25.3 Å². The Balaban J connectivity index is 2.13. The molecule has 3 N–H and O–H groups in total. The first-order valence-corrected chi connectivity index (χ1v) is 6.33. The lowest BCUT2D eigenvalue weighted by molar-refractivity contribution is 1.10. The number of nitrogens with one attached hydrogen (secondary N) is 1. The monoisotopic (exact) mass is 264 g/mol. The van der Waals surface area contributed by atoms with E-state index in [4.69, 9.17) is 18.0 Å². The predicted molar refractivity (Wildman–Crippen MR) is 74.3 cm³/mol. The minimum atomic E-state index is 0.386. The van der Waals surface area contributed by atoms with E-state index >= 15 is 0 Å². The Hall–Kier alpha value is -1.53. The van der Waals surface area contributed by atoms with Crippen LogP contribution < -0.4 is 11.1 Å². The number of anilines is 1. The zero-order chi connectivity index (χ0) is 12.3. The minimum Gasteiger partial charge on any atom is -0.389 e. The molecule has 0 fully saturated rings. The van der Waals surface area contributed by atoms with Gasteiger partial charge in [-0.15, -0.1) is 11.3 Å². The van der Waals surface area contributed by atoms with Gasteiger partial charge in [-0.1, -0.05) is 12.2 Å². The summed E-state index contributed by atoms with van der Waals surface area (Å²) in [6, 6.07) is 3.73. The lowest BCUT2D eigenvalue weighted by atomic mass is 10.2. The molecular weight excluding hydrogens is 252 g/mol. The summed E-state index contributed by atoms with van der Waals surface area (Å²) in [5, 5.41) is 3.23. The van der Waals surface area contributed by atoms with Gasteiger partial charge >= 0.3 is 0 Å². The maximum Gasteiger partial charge on any atom is 0.127 e. The van der Waals surface area contributed by atoms with Gasteiger partial charge in [0.2, 0.25) is 0 Å². The van der Waals surface area contributed by atoms with Crippen molar-refractivity contribution in [3.05, 3.63) is 40.0 Å². The van der Waals surface area contributed by atoms with Gasteiger partial charge in [-0.25, -0.2) is 4.98 Å². The molecule has 0 aliphatic carbocycles. The van der Waals surface area contributed by atoms with Gasteiger partial charge in [0.05, 0.1) is 12.1 Å². The number of thiocarbonyl (C=S) groups is 1. The largest absolute Gasteiger partial charge is 0.389 e. The molecule has 0 bridgehead atoms. The van der Waals surface area contributed by atoms with Crippen LogP contribution >= 0.6 is 23.6 Å². The van der Waals surface area contributed by atoms with Crippen LogP contribution in [0.5, 0.6) is 0 Å². The quantitative estimate of drug-likeness (QED) is 0.828. The predicted octanol–water partition coefficient (Wildman–Crippen LogP) is 2.09. The van der Waals surface area contributed by atoms with Crippen LogP contribution in [0.4, 0.5) is 5.82 Å². The average molecular weight is 264 g/mol. The summed E-state index contributed by atoms with van der Waals surface area (Å²) < 4.78 is 0. The summed E-state index contributed by atoms with van der Waals surface area (Å²) in [4.78, 5) is 9.93. The first-order chi connectivity index (χ1) is 8.15. The van der Waals surface area contributed by atoms with Gasteiger partial charge in [-0.3, -0.25) is 4.98 Å². The summed E-state index contributed by atoms with van der Waals surface area (Å²) in [6.07, 6.45) is 1.84. The molecule has 0 unspecified atom stereocenters. The number of hydrogen-bond donors (Lipinski definition) is 2. The molecule has 88 valence electrons. The minimum absolute atomic E-state index is 0.386. The third kappa shape index (κ3) is 3.21. The zero-order valence-corrected chi connectivity index (χ0v) is 10.9. The number of nitrogens with zero attached hydrogens (tertiary/aromatic N) is 2. The van der Waals surface area contributed by atoms with Crippen molar-refractivity contribution in [1.29, 1.82) is 0 Å². The first kappa shape index (κ1) is 11.9. The summed E-state index contributed by atoms with van der Waals surface area (Å²) in [6.45, 7) is 2.62. The second kappa shape index (κ2) is 5.20. The Morgan fingerprint density at radius 2 is 2.35 bits per heavy atom. The number of hydrogen-bond acceptors (Lipinski definition) is 5. The molecule has 2 rings (SSSR count). The lowest BCUT2D eigenvalue weighted by Gasteiger charge is -2.07. The summed E-state index contributed by atoms with van der Waals surface area (Å²) in [5.74, 6) is 0.779. The summed E-state index contributed by atoms with van der Waals surface area (Å²) in [7, 11) is 0. The molecular formula is C11H12N4S2. The molecule has 0 saturated heterocycles. The van der Waals surface area contributed by atoms with Crippen LogP contribution in [-0.4, -0.2) is 15.0 Å². The molecule has 0 aromatic carbocycles. The molecule has 2 aromatic heterocycles. The third-order valence-electron chi connectivity index (χ3n) is 2.17. The Labute approximate surface area is 109 Å². The van der Waals surface area contributed by atoms with Crippen LogP contribution in [0.2, 0.25) is 0 Å². The van der Waals surface area contributed by atoms with Crippen molar-refractivity contribution in [2.75, 3.05) is 5.32 Å². The Morgan fingerprint density at radius 1 is 1.53 bits per heavy atom. The fourth-order valence-corrected chi connectivity index (χ4v) is 2.06. The van der Waals surface area contributed by atoms with Crippen LogP contribution in [0.25, 0.3) is 0 Å². The Bertz CT molecular complexity index is 522. The maximum absolute atomic E-state index is 5.61. The van der Waals surface area contributed by atoms with Crippen molar-refractivity contribution < 1.29 is 0 Å². The van der Waals surface area contributed by atoms with E-state index in [0.29, 0.717) is 11.5 Å². The van der Waals surface area contributed by atoms with Crippen molar-refractivity contribution in [2.24, 2.45) is 5.73 Å². The molecule has 0 saturated carbocycles. The third-order valence-corrected chi connectivity index (χ3v) is 3.18. The van der Waals surface area contributed by atoms with Crippen molar-refractivity contribution >= 4 is 34.4 Å². The molecule has 0 spiro atoms.